The molecule has 3 rings (SSSR count). The van der Waals surface area contributed by atoms with Gasteiger partial charge in [0.2, 0.25) is 0 Å². The topological polar surface area (TPSA) is 59.8 Å². The molecule has 0 bridgehead atoms. The third kappa shape index (κ3) is 3.51. The molecule has 0 spiro atoms. The van der Waals surface area contributed by atoms with Crippen LogP contribution in [0.25, 0.3) is 11.0 Å². The number of carbonyl (C=O) groups is 1. The Morgan fingerprint density at radius 3 is 2.72 bits per heavy atom. The maximum atomic E-state index is 12.7. The first kappa shape index (κ1) is 17.0. The van der Waals surface area contributed by atoms with E-state index < -0.39 is 11.5 Å². The molecule has 25 heavy (non-hydrogen) atoms. The molecule has 0 fully saturated rings. The fourth-order valence-corrected chi connectivity index (χ4v) is 2.81. The van der Waals surface area contributed by atoms with Gasteiger partial charge in [-0.3, -0.25) is 4.79 Å². The molecule has 0 aliphatic carbocycles. The Kier molecular flexibility index (Phi) is 4.76. The van der Waals surface area contributed by atoms with Gasteiger partial charge in [-0.25, -0.2) is 4.79 Å². The van der Waals surface area contributed by atoms with Crippen LogP contribution in [0.15, 0.2) is 57.7 Å². The number of hydrogen-bond acceptors (Lipinski definition) is 4. The van der Waals surface area contributed by atoms with Crippen LogP contribution in [0.4, 0.5) is 0 Å². The summed E-state index contributed by atoms with van der Waals surface area (Å²) >= 11 is 6.02. The van der Waals surface area contributed by atoms with Crippen molar-refractivity contribution in [3.05, 3.63) is 75.1 Å². The summed E-state index contributed by atoms with van der Waals surface area (Å²) in [6, 6.07) is 13.8. The van der Waals surface area contributed by atoms with Crippen LogP contribution >= 0.6 is 11.6 Å². The number of para-hydroxylation sites is 1. The van der Waals surface area contributed by atoms with Crippen molar-refractivity contribution in [3.8, 4) is 5.75 Å². The lowest BCUT2D eigenvalue weighted by molar-refractivity contribution is 0.0780. The van der Waals surface area contributed by atoms with E-state index in [9.17, 15) is 9.59 Å². The van der Waals surface area contributed by atoms with Gasteiger partial charge in [0.1, 0.15) is 16.9 Å². The van der Waals surface area contributed by atoms with Gasteiger partial charge in [0.15, 0.2) is 0 Å². The fraction of sp³-hybridized carbons (Fsp3) is 0.158. The average molecular weight is 358 g/mol. The number of hydrogen-bond donors (Lipinski definition) is 0. The zero-order valence-electron chi connectivity index (χ0n) is 13.8. The predicted molar refractivity (Wildman–Crippen MR) is 96.3 cm³/mol. The van der Waals surface area contributed by atoms with Crippen molar-refractivity contribution in [1.82, 2.24) is 4.90 Å². The van der Waals surface area contributed by atoms with Gasteiger partial charge in [0, 0.05) is 29.6 Å². The largest absolute Gasteiger partial charge is 0.496 e. The van der Waals surface area contributed by atoms with Gasteiger partial charge in [-0.2, -0.15) is 0 Å². The highest BCUT2D eigenvalue weighted by Gasteiger charge is 2.19. The first-order chi connectivity index (χ1) is 12.0. The highest BCUT2D eigenvalue weighted by Crippen LogP contribution is 2.24. The van der Waals surface area contributed by atoms with Crippen LogP contribution in [0, 0.1) is 0 Å². The molecule has 1 heterocycles. The molecular formula is C19H16ClNO4. The second-order valence-corrected chi connectivity index (χ2v) is 6.04. The molecule has 0 saturated heterocycles. The van der Waals surface area contributed by atoms with E-state index >= 15 is 0 Å². The molecule has 6 heteroatoms. The zero-order valence-corrected chi connectivity index (χ0v) is 14.5. The summed E-state index contributed by atoms with van der Waals surface area (Å²) in [6.45, 7) is 0.245. The van der Waals surface area contributed by atoms with Crippen LogP contribution in [0.3, 0.4) is 0 Å². The fourth-order valence-electron chi connectivity index (χ4n) is 2.61. The zero-order chi connectivity index (χ0) is 18.0. The number of halogens is 1. The number of fused-ring (bicyclic) bond motifs is 1. The molecule has 5 nitrogen and oxygen atoms in total. The quantitative estimate of drug-likeness (QED) is 0.667. The summed E-state index contributed by atoms with van der Waals surface area (Å²) in [5.41, 5.74) is 0.523. The van der Waals surface area contributed by atoms with E-state index in [1.165, 1.54) is 4.90 Å². The molecule has 1 aromatic heterocycles. The molecule has 0 atom stereocenters. The maximum Gasteiger partial charge on any atom is 0.349 e. The second-order valence-electron chi connectivity index (χ2n) is 5.60. The van der Waals surface area contributed by atoms with Gasteiger partial charge >= 0.3 is 5.63 Å². The predicted octanol–water partition coefficient (Wildman–Crippen LogP) is 3.73. The summed E-state index contributed by atoms with van der Waals surface area (Å²) < 4.78 is 10.5. The molecule has 0 N–H and O–H groups in total. The minimum absolute atomic E-state index is 0.0119. The van der Waals surface area contributed by atoms with Gasteiger partial charge in [-0.15, -0.1) is 0 Å². The smallest absolute Gasteiger partial charge is 0.349 e. The van der Waals surface area contributed by atoms with Crippen LogP contribution in [0.1, 0.15) is 15.9 Å². The van der Waals surface area contributed by atoms with Crippen molar-refractivity contribution in [2.75, 3.05) is 14.2 Å². The Labute approximate surface area is 149 Å². The Morgan fingerprint density at radius 2 is 1.96 bits per heavy atom. The molecule has 0 unspecified atom stereocenters. The van der Waals surface area contributed by atoms with Gasteiger partial charge in [-0.05, 0) is 30.3 Å². The van der Waals surface area contributed by atoms with Gasteiger partial charge in [0.05, 0.1) is 7.11 Å². The summed E-state index contributed by atoms with van der Waals surface area (Å²) in [7, 11) is 3.16. The summed E-state index contributed by atoms with van der Waals surface area (Å²) in [4.78, 5) is 26.3. The maximum absolute atomic E-state index is 12.7. The Morgan fingerprint density at radius 1 is 1.20 bits per heavy atom. The molecular weight excluding hydrogens is 342 g/mol. The number of rotatable bonds is 4. The average Bonchev–Trinajstić information content (AvgIpc) is 2.60. The molecule has 0 aliphatic rings. The number of carbonyl (C=O) groups excluding carboxylic acids is 1. The molecule has 128 valence electrons. The number of ether oxygens (including phenoxy) is 1. The molecule has 2 aromatic carbocycles. The number of benzene rings is 2. The van der Waals surface area contributed by atoms with Crippen molar-refractivity contribution >= 4 is 28.5 Å². The molecule has 3 aromatic rings. The summed E-state index contributed by atoms with van der Waals surface area (Å²) in [6.07, 6.45) is 0. The van der Waals surface area contributed by atoms with Gasteiger partial charge in [-0.1, -0.05) is 29.8 Å². The minimum atomic E-state index is -0.659. The first-order valence-electron chi connectivity index (χ1n) is 7.60. The standard InChI is InChI=1S/C19H16ClNO4/c1-21(11-13-9-14(20)7-8-16(13)24-2)18(22)15-10-12-5-3-4-6-17(12)25-19(15)23/h3-10H,11H2,1-2H3. The highest BCUT2D eigenvalue weighted by molar-refractivity contribution is 6.30. The van der Waals surface area contributed by atoms with Crippen molar-refractivity contribution in [2.24, 2.45) is 0 Å². The Bertz CT molecular complexity index is 996. The lowest BCUT2D eigenvalue weighted by Gasteiger charge is -2.18. The molecule has 0 aliphatic heterocycles. The van der Waals surface area contributed by atoms with Crippen LogP contribution in [-0.2, 0) is 6.54 Å². The third-order valence-corrected chi connectivity index (χ3v) is 4.10. The van der Waals surface area contributed by atoms with Crippen molar-refractivity contribution in [2.45, 2.75) is 6.54 Å². The van der Waals surface area contributed by atoms with E-state index in [0.717, 1.165) is 5.56 Å². The van der Waals surface area contributed by atoms with E-state index in [0.29, 0.717) is 21.7 Å². The van der Waals surface area contributed by atoms with Crippen LogP contribution < -0.4 is 10.4 Å². The lowest BCUT2D eigenvalue weighted by atomic mass is 10.1. The Hall–Kier alpha value is -2.79. The van der Waals surface area contributed by atoms with Crippen LogP contribution in [0.2, 0.25) is 5.02 Å². The van der Waals surface area contributed by atoms with E-state index in [-0.39, 0.29) is 12.1 Å². The molecule has 0 saturated carbocycles. The second kappa shape index (κ2) is 6.99. The van der Waals surface area contributed by atoms with E-state index in [2.05, 4.69) is 0 Å². The lowest BCUT2D eigenvalue weighted by Crippen LogP contribution is -2.30. The molecule has 1 amide bonds. The van der Waals surface area contributed by atoms with E-state index in [1.807, 2.05) is 6.07 Å². The monoisotopic (exact) mass is 357 g/mol. The third-order valence-electron chi connectivity index (χ3n) is 3.87. The van der Waals surface area contributed by atoms with Crippen LogP contribution in [-0.4, -0.2) is 25.0 Å². The van der Waals surface area contributed by atoms with Gasteiger partial charge in [0.25, 0.3) is 5.91 Å². The number of methoxy groups -OCH3 is 1. The Balaban J connectivity index is 1.92. The van der Waals surface area contributed by atoms with Crippen molar-refractivity contribution < 1.29 is 13.9 Å². The first-order valence-corrected chi connectivity index (χ1v) is 7.98. The summed E-state index contributed by atoms with van der Waals surface area (Å²) in [5, 5.41) is 1.24. The van der Waals surface area contributed by atoms with Crippen LogP contribution in [0.5, 0.6) is 5.75 Å². The van der Waals surface area contributed by atoms with E-state index in [4.69, 9.17) is 20.8 Å². The minimum Gasteiger partial charge on any atom is -0.496 e. The normalized spacial score (nSPS) is 10.7. The highest BCUT2D eigenvalue weighted by atomic mass is 35.5. The summed E-state index contributed by atoms with van der Waals surface area (Å²) in [5.74, 6) is 0.191. The van der Waals surface area contributed by atoms with E-state index in [1.54, 1.807) is 56.6 Å². The SMILES string of the molecule is COc1ccc(Cl)cc1CN(C)C(=O)c1cc2ccccc2oc1=O. The van der Waals surface area contributed by atoms with Crippen molar-refractivity contribution in [1.29, 1.82) is 0 Å². The van der Waals surface area contributed by atoms with Crippen molar-refractivity contribution in [3.63, 3.8) is 0 Å². The molecule has 0 radical (unpaired) electrons. The number of nitrogens with zero attached hydrogens (tertiary/aromatic N) is 1. The van der Waals surface area contributed by atoms with Gasteiger partial charge < -0.3 is 14.1 Å². The number of amides is 1.